The van der Waals surface area contributed by atoms with Crippen LogP contribution in [0.25, 0.3) is 10.9 Å². The molecule has 1 atom stereocenters. The number of aromatic nitrogens is 1. The predicted octanol–water partition coefficient (Wildman–Crippen LogP) is 5.89. The van der Waals surface area contributed by atoms with Crippen molar-refractivity contribution in [2.45, 2.75) is 26.1 Å². The monoisotopic (exact) mass is 418 g/mol. The Balaban J connectivity index is 1.74. The van der Waals surface area contributed by atoms with Gasteiger partial charge in [0.1, 0.15) is 5.69 Å². The summed E-state index contributed by atoms with van der Waals surface area (Å²) in [4.78, 5) is 12.3. The molecular weight excluding hydrogens is 396 g/mol. The van der Waals surface area contributed by atoms with Gasteiger partial charge in [0.15, 0.2) is 0 Å². The molecule has 0 saturated carbocycles. The number of fused-ring (bicyclic) bond motifs is 1. The molecule has 0 spiro atoms. The Bertz CT molecular complexity index is 1180. The van der Waals surface area contributed by atoms with Crippen molar-refractivity contribution in [3.8, 4) is 0 Å². The molecule has 0 aliphatic heterocycles. The number of carboxylic acids is 1. The van der Waals surface area contributed by atoms with Crippen molar-refractivity contribution in [3.63, 3.8) is 0 Å². The van der Waals surface area contributed by atoms with Gasteiger partial charge in [-0.2, -0.15) is 0 Å². The van der Waals surface area contributed by atoms with Gasteiger partial charge >= 0.3 is 5.97 Å². The van der Waals surface area contributed by atoms with Crippen molar-refractivity contribution < 1.29 is 9.90 Å². The lowest BCUT2D eigenvalue weighted by Gasteiger charge is -2.15. The van der Waals surface area contributed by atoms with Crippen LogP contribution in [0.15, 0.2) is 78.9 Å². The first-order valence-corrected chi connectivity index (χ1v) is 10.3. The fraction of sp³-hybridized carbons (Fsp3) is 0.160. The molecule has 152 valence electrons. The molecule has 3 aromatic carbocycles. The van der Waals surface area contributed by atoms with E-state index in [9.17, 15) is 9.90 Å². The molecule has 2 N–H and O–H groups in total. The minimum absolute atomic E-state index is 0.0999. The van der Waals surface area contributed by atoms with Crippen LogP contribution in [0.3, 0.4) is 0 Å². The Kier molecular flexibility index (Phi) is 5.88. The van der Waals surface area contributed by atoms with Crippen LogP contribution in [0, 0.1) is 0 Å². The van der Waals surface area contributed by atoms with Gasteiger partial charge in [-0.15, -0.1) is 0 Å². The number of halogens is 1. The van der Waals surface area contributed by atoms with Crippen LogP contribution in [-0.4, -0.2) is 15.6 Å². The summed E-state index contributed by atoms with van der Waals surface area (Å²) < 4.78 is 1.87. The van der Waals surface area contributed by atoms with E-state index in [0.717, 1.165) is 27.6 Å². The van der Waals surface area contributed by atoms with Crippen LogP contribution in [-0.2, 0) is 13.1 Å². The zero-order valence-corrected chi connectivity index (χ0v) is 17.4. The molecule has 4 rings (SSSR count). The topological polar surface area (TPSA) is 54.3 Å². The second kappa shape index (κ2) is 8.74. The third-order valence-electron chi connectivity index (χ3n) is 5.39. The summed E-state index contributed by atoms with van der Waals surface area (Å²) in [7, 11) is 0. The van der Waals surface area contributed by atoms with Crippen LogP contribution in [0.1, 0.15) is 40.1 Å². The van der Waals surface area contributed by atoms with Gasteiger partial charge in [-0.25, -0.2) is 4.79 Å². The van der Waals surface area contributed by atoms with E-state index < -0.39 is 5.97 Å². The standard InChI is InChI=1S/C25H23ClN2O2/c1-17(19-9-3-2-4-10-19)27-15-22-21-12-5-6-13-23(21)28(24(22)25(29)30)16-18-8-7-11-20(26)14-18/h2-14,17,27H,15-16H2,1H3,(H,29,30)/t17-/m1/s1. The SMILES string of the molecule is C[C@@H](NCc1c(C(=O)O)n(Cc2cccc(Cl)c2)c2ccccc12)c1ccccc1. The van der Waals surface area contributed by atoms with E-state index in [4.69, 9.17) is 11.6 Å². The minimum atomic E-state index is -0.933. The summed E-state index contributed by atoms with van der Waals surface area (Å²) in [5.41, 5.74) is 4.13. The molecule has 1 heterocycles. The Hall–Kier alpha value is -3.08. The van der Waals surface area contributed by atoms with E-state index >= 15 is 0 Å². The second-order valence-electron chi connectivity index (χ2n) is 7.38. The molecule has 30 heavy (non-hydrogen) atoms. The van der Waals surface area contributed by atoms with E-state index in [1.54, 1.807) is 0 Å². The van der Waals surface area contributed by atoms with E-state index in [1.165, 1.54) is 0 Å². The summed E-state index contributed by atoms with van der Waals surface area (Å²) >= 11 is 6.14. The highest BCUT2D eigenvalue weighted by Gasteiger charge is 2.22. The second-order valence-corrected chi connectivity index (χ2v) is 7.82. The van der Waals surface area contributed by atoms with E-state index in [2.05, 4.69) is 24.4 Å². The third-order valence-corrected chi connectivity index (χ3v) is 5.63. The summed E-state index contributed by atoms with van der Waals surface area (Å²) in [5, 5.41) is 15.2. The molecule has 0 aliphatic carbocycles. The van der Waals surface area contributed by atoms with E-state index in [1.807, 2.05) is 71.3 Å². The molecule has 1 aromatic heterocycles. The smallest absolute Gasteiger partial charge is 0.352 e. The van der Waals surface area contributed by atoms with Gasteiger partial charge in [0.05, 0.1) is 0 Å². The third kappa shape index (κ3) is 4.11. The zero-order chi connectivity index (χ0) is 21.1. The summed E-state index contributed by atoms with van der Waals surface area (Å²) in [6, 6.07) is 25.6. The lowest BCUT2D eigenvalue weighted by atomic mass is 10.1. The first-order valence-electron chi connectivity index (χ1n) is 9.90. The Morgan fingerprint density at radius 1 is 1.03 bits per heavy atom. The van der Waals surface area contributed by atoms with Crippen molar-refractivity contribution in [3.05, 3.63) is 106 Å². The number of carbonyl (C=O) groups is 1. The quantitative estimate of drug-likeness (QED) is 0.393. The molecule has 0 bridgehead atoms. The average Bonchev–Trinajstić information content (AvgIpc) is 3.06. The maximum absolute atomic E-state index is 12.3. The highest BCUT2D eigenvalue weighted by atomic mass is 35.5. The lowest BCUT2D eigenvalue weighted by Crippen LogP contribution is -2.20. The first-order chi connectivity index (χ1) is 14.5. The van der Waals surface area contributed by atoms with Crippen molar-refractivity contribution in [1.29, 1.82) is 0 Å². The number of aromatic carboxylic acids is 1. The number of para-hydroxylation sites is 1. The molecular formula is C25H23ClN2O2. The van der Waals surface area contributed by atoms with Crippen LogP contribution in [0.2, 0.25) is 5.02 Å². The number of carboxylic acid groups (broad SMARTS) is 1. The molecule has 0 saturated heterocycles. The highest BCUT2D eigenvalue weighted by molar-refractivity contribution is 6.30. The number of nitrogens with zero attached hydrogens (tertiary/aromatic N) is 1. The van der Waals surface area contributed by atoms with Gasteiger partial charge in [-0.1, -0.05) is 72.3 Å². The number of nitrogens with one attached hydrogen (secondary N) is 1. The van der Waals surface area contributed by atoms with Crippen molar-refractivity contribution >= 4 is 28.5 Å². The predicted molar refractivity (Wildman–Crippen MR) is 121 cm³/mol. The maximum atomic E-state index is 12.3. The minimum Gasteiger partial charge on any atom is -0.477 e. The largest absolute Gasteiger partial charge is 0.477 e. The molecule has 0 radical (unpaired) electrons. The van der Waals surface area contributed by atoms with Crippen LogP contribution in [0.5, 0.6) is 0 Å². The van der Waals surface area contributed by atoms with E-state index in [-0.39, 0.29) is 6.04 Å². The van der Waals surface area contributed by atoms with Crippen LogP contribution < -0.4 is 5.32 Å². The van der Waals surface area contributed by atoms with Crippen LogP contribution >= 0.6 is 11.6 Å². The number of hydrogen-bond acceptors (Lipinski definition) is 2. The molecule has 0 amide bonds. The van der Waals surface area contributed by atoms with Gasteiger partial charge in [0, 0.05) is 40.6 Å². The first kappa shape index (κ1) is 20.2. The van der Waals surface area contributed by atoms with Gasteiger partial charge in [0.2, 0.25) is 0 Å². The summed E-state index contributed by atoms with van der Waals surface area (Å²) in [5.74, 6) is -0.933. The van der Waals surface area contributed by atoms with E-state index in [0.29, 0.717) is 23.8 Å². The molecule has 4 nitrogen and oxygen atoms in total. The molecule has 0 aliphatic rings. The molecule has 4 aromatic rings. The van der Waals surface area contributed by atoms with Gasteiger partial charge in [-0.05, 0) is 36.2 Å². The fourth-order valence-electron chi connectivity index (χ4n) is 3.90. The lowest BCUT2D eigenvalue weighted by molar-refractivity contribution is 0.0684. The molecule has 0 unspecified atom stereocenters. The highest BCUT2D eigenvalue weighted by Crippen LogP contribution is 2.28. The Labute approximate surface area is 180 Å². The number of rotatable bonds is 7. The number of benzene rings is 3. The van der Waals surface area contributed by atoms with Gasteiger partial charge in [-0.3, -0.25) is 0 Å². The van der Waals surface area contributed by atoms with Crippen molar-refractivity contribution in [2.75, 3.05) is 0 Å². The number of hydrogen-bond donors (Lipinski definition) is 2. The Morgan fingerprint density at radius 3 is 2.50 bits per heavy atom. The molecule has 0 fully saturated rings. The van der Waals surface area contributed by atoms with Gasteiger partial charge < -0.3 is 15.0 Å². The fourth-order valence-corrected chi connectivity index (χ4v) is 4.11. The Morgan fingerprint density at radius 2 is 1.77 bits per heavy atom. The van der Waals surface area contributed by atoms with Crippen molar-refractivity contribution in [1.82, 2.24) is 9.88 Å². The van der Waals surface area contributed by atoms with Crippen molar-refractivity contribution in [2.24, 2.45) is 0 Å². The maximum Gasteiger partial charge on any atom is 0.352 e. The normalized spacial score (nSPS) is 12.2. The van der Waals surface area contributed by atoms with Gasteiger partial charge in [0.25, 0.3) is 0 Å². The average molecular weight is 419 g/mol. The van der Waals surface area contributed by atoms with Crippen LogP contribution in [0.4, 0.5) is 0 Å². The zero-order valence-electron chi connectivity index (χ0n) is 16.7. The molecule has 5 heteroatoms. The summed E-state index contributed by atoms with van der Waals surface area (Å²) in [6.45, 7) is 2.98. The summed E-state index contributed by atoms with van der Waals surface area (Å²) in [6.07, 6.45) is 0.